The molecule has 0 spiro atoms. The number of carbonyl (C=O) groups is 1. The van der Waals surface area contributed by atoms with Crippen molar-refractivity contribution in [3.05, 3.63) is 18.1 Å². The molecule has 3 heterocycles. The average molecular weight is 306 g/mol. The summed E-state index contributed by atoms with van der Waals surface area (Å²) in [6.45, 7) is 6.62. The van der Waals surface area contributed by atoms with Crippen LogP contribution < -0.4 is 4.90 Å². The normalized spacial score (nSPS) is 22.0. The zero-order chi connectivity index (χ0) is 15.4. The molecule has 0 unspecified atom stereocenters. The number of anilines is 1. The van der Waals surface area contributed by atoms with Crippen molar-refractivity contribution in [3.8, 4) is 0 Å². The lowest BCUT2D eigenvalue weighted by atomic mass is 10.0. The number of aromatic nitrogens is 2. The van der Waals surface area contributed by atoms with Gasteiger partial charge in [-0.25, -0.2) is 14.8 Å². The van der Waals surface area contributed by atoms with Crippen molar-refractivity contribution < 1.29 is 14.3 Å². The number of hydrogen-bond acceptors (Lipinski definition) is 6. The summed E-state index contributed by atoms with van der Waals surface area (Å²) in [5, 5.41) is 0. The summed E-state index contributed by atoms with van der Waals surface area (Å²) in [4.78, 5) is 24.4. The molecule has 120 valence electrons. The highest BCUT2D eigenvalue weighted by atomic mass is 16.6. The molecular weight excluding hydrogens is 284 g/mol. The molecule has 1 atom stereocenters. The molecule has 3 rings (SSSR count). The van der Waals surface area contributed by atoms with Crippen molar-refractivity contribution in [3.63, 3.8) is 0 Å². The average Bonchev–Trinajstić information content (AvgIpc) is 3.10. The van der Waals surface area contributed by atoms with E-state index in [4.69, 9.17) is 9.47 Å². The molecule has 7 nitrogen and oxygen atoms in total. The zero-order valence-corrected chi connectivity index (χ0v) is 12.9. The van der Waals surface area contributed by atoms with Gasteiger partial charge in [0.2, 0.25) is 0 Å². The van der Waals surface area contributed by atoms with Gasteiger partial charge in [0.25, 0.3) is 0 Å². The molecular formula is C15H22N4O3. The van der Waals surface area contributed by atoms with Crippen molar-refractivity contribution >= 4 is 11.9 Å². The maximum absolute atomic E-state index is 11.7. The summed E-state index contributed by atoms with van der Waals surface area (Å²) in [5.74, 6) is 1.31. The van der Waals surface area contributed by atoms with Crippen LogP contribution in [0.3, 0.4) is 0 Å². The van der Waals surface area contributed by atoms with Crippen molar-refractivity contribution in [2.75, 3.05) is 50.9 Å². The smallest absolute Gasteiger partial charge is 0.409 e. The quantitative estimate of drug-likeness (QED) is 0.837. The van der Waals surface area contributed by atoms with Gasteiger partial charge in [0.1, 0.15) is 12.1 Å². The lowest BCUT2D eigenvalue weighted by molar-refractivity contribution is 0.105. The van der Waals surface area contributed by atoms with E-state index >= 15 is 0 Å². The molecule has 0 bridgehead atoms. The predicted octanol–water partition coefficient (Wildman–Crippen LogP) is 1.26. The van der Waals surface area contributed by atoms with Crippen molar-refractivity contribution in [2.45, 2.75) is 19.3 Å². The number of nitrogens with zero attached hydrogens (tertiary/aromatic N) is 4. The number of amides is 1. The Morgan fingerprint density at radius 1 is 1.36 bits per heavy atom. The maximum atomic E-state index is 11.7. The van der Waals surface area contributed by atoms with Gasteiger partial charge in [-0.2, -0.15) is 0 Å². The summed E-state index contributed by atoms with van der Waals surface area (Å²) in [7, 11) is 0. The number of ether oxygens (including phenoxy) is 2. The van der Waals surface area contributed by atoms with Crippen molar-refractivity contribution in [1.29, 1.82) is 0 Å². The van der Waals surface area contributed by atoms with Crippen LogP contribution in [0.4, 0.5) is 10.6 Å². The Labute approximate surface area is 130 Å². The van der Waals surface area contributed by atoms with E-state index in [1.807, 2.05) is 6.92 Å². The zero-order valence-electron chi connectivity index (χ0n) is 12.9. The molecule has 1 aromatic rings. The summed E-state index contributed by atoms with van der Waals surface area (Å²) in [6.07, 6.45) is 2.42. The van der Waals surface area contributed by atoms with Crippen LogP contribution in [-0.4, -0.2) is 67.0 Å². The fourth-order valence-electron chi connectivity index (χ4n) is 2.86. The lowest BCUT2D eigenvalue weighted by Crippen LogP contribution is -2.49. The van der Waals surface area contributed by atoms with Crippen LogP contribution in [-0.2, 0) is 9.47 Å². The lowest BCUT2D eigenvalue weighted by Gasteiger charge is -2.34. The topological polar surface area (TPSA) is 67.8 Å². The van der Waals surface area contributed by atoms with Crippen LogP contribution in [0.5, 0.6) is 0 Å². The van der Waals surface area contributed by atoms with E-state index in [2.05, 4.69) is 20.9 Å². The number of rotatable bonds is 3. The molecule has 2 aliphatic heterocycles. The van der Waals surface area contributed by atoms with Crippen LogP contribution in [0.15, 0.2) is 12.4 Å². The molecule has 7 heteroatoms. The van der Waals surface area contributed by atoms with Crippen molar-refractivity contribution in [2.24, 2.45) is 0 Å². The largest absolute Gasteiger partial charge is 0.450 e. The first-order valence-electron chi connectivity index (χ1n) is 7.84. The third kappa shape index (κ3) is 3.30. The predicted molar refractivity (Wildman–Crippen MR) is 81.0 cm³/mol. The second-order valence-electron chi connectivity index (χ2n) is 5.53. The first kappa shape index (κ1) is 15.0. The summed E-state index contributed by atoms with van der Waals surface area (Å²) in [6, 6.07) is 2.05. The SMILES string of the molecule is CCOC(=O)N1CCN(c2cc([C@H]3CCOC3)ncn2)CC1. The Morgan fingerprint density at radius 2 is 2.18 bits per heavy atom. The third-order valence-electron chi connectivity index (χ3n) is 4.15. The summed E-state index contributed by atoms with van der Waals surface area (Å²) >= 11 is 0. The Hall–Kier alpha value is -1.89. The molecule has 2 fully saturated rings. The molecule has 0 aliphatic carbocycles. The van der Waals surface area contributed by atoms with Crippen LogP contribution >= 0.6 is 0 Å². The first-order valence-corrected chi connectivity index (χ1v) is 7.84. The Bertz CT molecular complexity index is 511. The van der Waals surface area contributed by atoms with Gasteiger partial charge >= 0.3 is 6.09 Å². The van der Waals surface area contributed by atoms with Crippen molar-refractivity contribution in [1.82, 2.24) is 14.9 Å². The van der Waals surface area contributed by atoms with E-state index in [-0.39, 0.29) is 6.09 Å². The van der Waals surface area contributed by atoms with Gasteiger partial charge in [0.05, 0.1) is 18.9 Å². The molecule has 0 aromatic carbocycles. The molecule has 0 radical (unpaired) electrons. The van der Waals surface area contributed by atoms with Gasteiger partial charge in [-0.05, 0) is 13.3 Å². The van der Waals surface area contributed by atoms with Gasteiger partial charge in [0.15, 0.2) is 0 Å². The second-order valence-corrected chi connectivity index (χ2v) is 5.53. The van der Waals surface area contributed by atoms with E-state index < -0.39 is 0 Å². The Kier molecular flexibility index (Phi) is 4.72. The molecule has 2 saturated heterocycles. The number of carbonyl (C=O) groups excluding carboxylic acids is 1. The maximum Gasteiger partial charge on any atom is 0.409 e. The van der Waals surface area contributed by atoms with Crippen LogP contribution in [0, 0.1) is 0 Å². The highest BCUT2D eigenvalue weighted by Gasteiger charge is 2.24. The Morgan fingerprint density at radius 3 is 2.86 bits per heavy atom. The second kappa shape index (κ2) is 6.91. The summed E-state index contributed by atoms with van der Waals surface area (Å²) < 4.78 is 10.5. The van der Waals surface area contributed by atoms with Gasteiger partial charge in [-0.15, -0.1) is 0 Å². The first-order chi connectivity index (χ1) is 10.8. The van der Waals surface area contributed by atoms with E-state index in [1.54, 1.807) is 11.2 Å². The fourth-order valence-corrected chi connectivity index (χ4v) is 2.86. The van der Waals surface area contributed by atoms with Gasteiger partial charge in [-0.1, -0.05) is 0 Å². The standard InChI is InChI=1S/C15H22N4O3/c1-2-22-15(20)19-6-4-18(5-7-19)14-9-13(16-11-17-14)12-3-8-21-10-12/h9,11-12H,2-8,10H2,1H3/t12-/m0/s1. The number of piperazine rings is 1. The highest BCUT2D eigenvalue weighted by Crippen LogP contribution is 2.25. The van der Waals surface area contributed by atoms with E-state index in [9.17, 15) is 4.79 Å². The van der Waals surface area contributed by atoms with Gasteiger partial charge < -0.3 is 19.3 Å². The van der Waals surface area contributed by atoms with Crippen LogP contribution in [0.25, 0.3) is 0 Å². The minimum atomic E-state index is -0.228. The molecule has 1 aromatic heterocycles. The number of hydrogen-bond donors (Lipinski definition) is 0. The van der Waals surface area contributed by atoms with Crippen LogP contribution in [0.1, 0.15) is 25.0 Å². The monoisotopic (exact) mass is 306 g/mol. The summed E-state index contributed by atoms with van der Waals surface area (Å²) in [5.41, 5.74) is 1.05. The van der Waals surface area contributed by atoms with Crippen LogP contribution in [0.2, 0.25) is 0 Å². The molecule has 2 aliphatic rings. The molecule has 1 amide bonds. The minimum Gasteiger partial charge on any atom is -0.450 e. The van der Waals surface area contributed by atoms with E-state index in [0.29, 0.717) is 25.6 Å². The highest BCUT2D eigenvalue weighted by molar-refractivity contribution is 5.68. The van der Waals surface area contributed by atoms with Gasteiger partial charge in [-0.3, -0.25) is 0 Å². The molecule has 0 N–H and O–H groups in total. The van der Waals surface area contributed by atoms with E-state index in [0.717, 1.165) is 44.2 Å². The Balaban J connectivity index is 1.61. The minimum absolute atomic E-state index is 0.228. The molecule has 0 saturated carbocycles. The molecule has 22 heavy (non-hydrogen) atoms. The third-order valence-corrected chi connectivity index (χ3v) is 4.15. The van der Waals surface area contributed by atoms with E-state index in [1.165, 1.54) is 0 Å². The van der Waals surface area contributed by atoms with Gasteiger partial charge in [0, 0.05) is 44.8 Å². The fraction of sp³-hybridized carbons (Fsp3) is 0.667.